The average molecular weight is 241 g/mol. The fourth-order valence-electron chi connectivity index (χ4n) is 0.325. The number of aliphatic hydroxyl groups is 1. The van der Waals surface area contributed by atoms with Crippen LogP contribution < -0.4 is 0 Å². The Labute approximate surface area is 74.2 Å². The molecule has 5 heteroatoms. The minimum absolute atomic E-state index is 0. The van der Waals surface area contributed by atoms with Gasteiger partial charge in [-0.3, -0.25) is 4.79 Å². The van der Waals surface area contributed by atoms with Gasteiger partial charge in [-0.05, 0) is 6.92 Å². The smallest absolute Gasteiger partial charge is 0.308 e. The minimum Gasteiger partial charge on any atom is -0.693 e. The quantitative estimate of drug-likeness (QED) is 0.568. The topological polar surface area (TPSA) is 80.0 Å². The zero-order valence-electron chi connectivity index (χ0n) is 5.94. The van der Waals surface area contributed by atoms with Crippen LogP contribution in [0, 0.1) is 0 Å². The van der Waals surface area contributed by atoms with Gasteiger partial charge in [0.1, 0.15) is 0 Å². The molecule has 0 bridgehead atoms. The van der Waals surface area contributed by atoms with Gasteiger partial charge in [0.05, 0.1) is 19.6 Å². The second-order valence-electron chi connectivity index (χ2n) is 1.63. The van der Waals surface area contributed by atoms with E-state index in [1.165, 1.54) is 14.0 Å². The fourth-order valence-corrected chi connectivity index (χ4v) is 0.325. The molecule has 0 aliphatic rings. The van der Waals surface area contributed by atoms with Gasteiger partial charge in [0.25, 0.3) is 0 Å². The van der Waals surface area contributed by atoms with Crippen LogP contribution in [0.2, 0.25) is 0 Å². The van der Waals surface area contributed by atoms with Crippen LogP contribution in [0.3, 0.4) is 0 Å². The molecule has 0 saturated heterocycles. The Hall–Kier alpha value is 0.0523. The molecule has 10 heavy (non-hydrogen) atoms. The van der Waals surface area contributed by atoms with E-state index in [4.69, 9.17) is 5.11 Å². The molecule has 1 atom stereocenters. The summed E-state index contributed by atoms with van der Waals surface area (Å²) in [6.45, 7) is 1.54. The van der Waals surface area contributed by atoms with E-state index in [1.54, 1.807) is 0 Å². The van der Waals surface area contributed by atoms with E-state index in [0.29, 0.717) is 0 Å². The molecule has 3 N–H and O–H groups in total. The van der Waals surface area contributed by atoms with E-state index in [1.807, 2.05) is 0 Å². The van der Waals surface area contributed by atoms with Crippen molar-refractivity contribution in [3.05, 3.63) is 6.15 Å². The third kappa shape index (κ3) is 10.9. The molecule has 0 saturated carbocycles. The predicted octanol–water partition coefficient (Wildman–Crippen LogP) is 0.645. The summed E-state index contributed by atoms with van der Waals surface area (Å²) >= 11 is 0. The molecule has 0 aromatic carbocycles. The molecule has 0 heterocycles. The standard InChI is InChI=1S/C5H10O3.H2N.Pd/c1-4(6)3-5(7)8-2;;/h4,6H,3H2,1-2H3;1H2;/q;-1;/t4-;;/m1../s1. The maximum Gasteiger partial charge on any atom is 0.308 e. The van der Waals surface area contributed by atoms with Crippen molar-refractivity contribution in [3.63, 3.8) is 0 Å². The normalized spacial score (nSPS) is 10.3. The summed E-state index contributed by atoms with van der Waals surface area (Å²) in [6, 6.07) is 0. The summed E-state index contributed by atoms with van der Waals surface area (Å²) in [5.41, 5.74) is 0. The van der Waals surface area contributed by atoms with Crippen LogP contribution in [0.15, 0.2) is 0 Å². The largest absolute Gasteiger partial charge is 0.693 e. The Balaban J connectivity index is -0.000000245. The van der Waals surface area contributed by atoms with Crippen molar-refractivity contribution in [2.75, 3.05) is 7.11 Å². The number of nitrogens with two attached hydrogens (primary N) is 1. The number of esters is 1. The first-order valence-corrected chi connectivity index (χ1v) is 2.41. The van der Waals surface area contributed by atoms with Crippen LogP contribution in [0.25, 0.3) is 6.15 Å². The van der Waals surface area contributed by atoms with Crippen molar-refractivity contribution in [2.24, 2.45) is 0 Å². The fraction of sp³-hybridized carbons (Fsp3) is 0.800. The average Bonchev–Trinajstić information content (AvgIpc) is 1.65. The monoisotopic (exact) mass is 240 g/mol. The molecule has 0 aromatic heterocycles. The summed E-state index contributed by atoms with van der Waals surface area (Å²) in [5.74, 6) is -0.375. The SMILES string of the molecule is COC(=O)C[C@@H](C)O.[NH2-].[Pd]. The molecule has 66 valence electrons. The van der Waals surface area contributed by atoms with Crippen LogP contribution >= 0.6 is 0 Å². The first-order valence-electron chi connectivity index (χ1n) is 2.41. The molecule has 0 rings (SSSR count). The second kappa shape index (κ2) is 9.05. The van der Waals surface area contributed by atoms with E-state index in [-0.39, 0.29) is 39.0 Å². The third-order valence-electron chi connectivity index (χ3n) is 0.690. The van der Waals surface area contributed by atoms with Gasteiger partial charge in [0.2, 0.25) is 0 Å². The number of ether oxygens (including phenoxy) is 1. The molecule has 4 nitrogen and oxygen atoms in total. The van der Waals surface area contributed by atoms with E-state index in [0.717, 1.165) is 0 Å². The Morgan fingerprint density at radius 3 is 2.20 bits per heavy atom. The van der Waals surface area contributed by atoms with E-state index < -0.39 is 6.10 Å². The van der Waals surface area contributed by atoms with Crippen LogP contribution in [0.1, 0.15) is 13.3 Å². The van der Waals surface area contributed by atoms with Crippen molar-refractivity contribution in [1.29, 1.82) is 0 Å². The van der Waals surface area contributed by atoms with Gasteiger partial charge in [-0.1, -0.05) is 0 Å². The molecule has 0 unspecified atom stereocenters. The van der Waals surface area contributed by atoms with Gasteiger partial charge in [-0.25, -0.2) is 0 Å². The van der Waals surface area contributed by atoms with Crippen LogP contribution in [0.5, 0.6) is 0 Å². The molecule has 0 aliphatic carbocycles. The number of carbonyl (C=O) groups is 1. The zero-order chi connectivity index (χ0) is 6.57. The van der Waals surface area contributed by atoms with Crippen molar-refractivity contribution < 1.29 is 35.1 Å². The summed E-state index contributed by atoms with van der Waals surface area (Å²) < 4.78 is 4.26. The zero-order valence-corrected chi connectivity index (χ0v) is 7.50. The molecule has 0 radical (unpaired) electrons. The van der Waals surface area contributed by atoms with Gasteiger partial charge < -0.3 is 16.0 Å². The number of carbonyl (C=O) groups excluding carboxylic acids is 1. The third-order valence-corrected chi connectivity index (χ3v) is 0.690. The minimum atomic E-state index is -0.595. The van der Waals surface area contributed by atoms with E-state index in [9.17, 15) is 4.79 Å². The van der Waals surface area contributed by atoms with Crippen molar-refractivity contribution >= 4 is 5.97 Å². The Morgan fingerprint density at radius 2 is 2.10 bits per heavy atom. The molecule has 0 aliphatic heterocycles. The first-order chi connectivity index (χ1) is 3.66. The molecular formula is C5H12NO3Pd-. The summed E-state index contributed by atoms with van der Waals surface area (Å²) in [6.07, 6.45) is -0.515. The second-order valence-corrected chi connectivity index (χ2v) is 1.63. The maximum absolute atomic E-state index is 10.2. The first kappa shape index (κ1) is 16.6. The predicted molar refractivity (Wildman–Crippen MR) is 33.6 cm³/mol. The number of methoxy groups -OCH3 is 1. The van der Waals surface area contributed by atoms with Gasteiger partial charge in [0, 0.05) is 20.4 Å². The Kier molecular flexibility index (Phi) is 15.0. The van der Waals surface area contributed by atoms with Crippen molar-refractivity contribution in [1.82, 2.24) is 0 Å². The van der Waals surface area contributed by atoms with Crippen LogP contribution in [0.4, 0.5) is 0 Å². The van der Waals surface area contributed by atoms with Gasteiger partial charge >= 0.3 is 5.97 Å². The molecular weight excluding hydrogens is 228 g/mol. The molecule has 0 aromatic rings. The Bertz CT molecular complexity index is 87.0. The maximum atomic E-state index is 10.2. The number of aliphatic hydroxyl groups excluding tert-OH is 1. The Morgan fingerprint density at radius 1 is 1.70 bits per heavy atom. The van der Waals surface area contributed by atoms with Crippen molar-refractivity contribution in [2.45, 2.75) is 19.4 Å². The summed E-state index contributed by atoms with van der Waals surface area (Å²) in [7, 11) is 1.30. The van der Waals surface area contributed by atoms with Crippen LogP contribution in [-0.4, -0.2) is 24.3 Å². The van der Waals surface area contributed by atoms with Crippen LogP contribution in [-0.2, 0) is 30.0 Å². The van der Waals surface area contributed by atoms with Gasteiger partial charge in [-0.15, -0.1) is 0 Å². The van der Waals surface area contributed by atoms with Gasteiger partial charge in [-0.2, -0.15) is 0 Å². The van der Waals surface area contributed by atoms with E-state index >= 15 is 0 Å². The van der Waals surface area contributed by atoms with E-state index in [2.05, 4.69) is 4.74 Å². The number of hydrogen-bond acceptors (Lipinski definition) is 3. The number of hydrogen-bond donors (Lipinski definition) is 1. The number of rotatable bonds is 2. The molecule has 0 spiro atoms. The van der Waals surface area contributed by atoms with Crippen molar-refractivity contribution in [3.8, 4) is 0 Å². The summed E-state index contributed by atoms with van der Waals surface area (Å²) in [5, 5.41) is 8.55. The molecule has 0 amide bonds. The summed E-state index contributed by atoms with van der Waals surface area (Å²) in [4.78, 5) is 10.2. The van der Waals surface area contributed by atoms with Gasteiger partial charge in [0.15, 0.2) is 0 Å². The molecule has 0 fully saturated rings.